The fraction of sp³-hybridized carbons (Fsp3) is 0.692. The van der Waals surface area contributed by atoms with Crippen molar-refractivity contribution in [3.63, 3.8) is 0 Å². The zero-order chi connectivity index (χ0) is 14.8. The van der Waals surface area contributed by atoms with Crippen LogP contribution in [-0.2, 0) is 6.18 Å². The molecule has 20 heavy (non-hydrogen) atoms. The first-order chi connectivity index (χ1) is 9.32. The summed E-state index contributed by atoms with van der Waals surface area (Å²) in [6.07, 6.45) is 0.00177. The van der Waals surface area contributed by atoms with Crippen molar-refractivity contribution in [3.05, 3.63) is 11.9 Å². The number of halogens is 3. The molecule has 1 aromatic heterocycles. The lowest BCUT2D eigenvalue weighted by Crippen LogP contribution is -2.24. The van der Waals surface area contributed by atoms with Crippen LogP contribution in [0.3, 0.4) is 0 Å². The van der Waals surface area contributed by atoms with E-state index in [1.54, 1.807) is 0 Å². The molecular weight excluding hydrogens is 269 g/mol. The Morgan fingerprint density at radius 2 is 1.80 bits per heavy atom. The van der Waals surface area contributed by atoms with Crippen molar-refractivity contribution in [2.45, 2.75) is 38.8 Å². The molecule has 0 radical (unpaired) electrons. The Morgan fingerprint density at radius 3 is 2.35 bits per heavy atom. The largest absolute Gasteiger partial charge is 0.451 e. The number of rotatable bonds is 4. The third-order valence-electron chi connectivity index (χ3n) is 3.74. The molecule has 112 valence electrons. The first kappa shape index (κ1) is 14.9. The zero-order valence-corrected chi connectivity index (χ0v) is 11.6. The summed E-state index contributed by atoms with van der Waals surface area (Å²) in [5.74, 6) is -0.750. The number of nitrogens with zero attached hydrogens (tertiary/aromatic N) is 2. The molecule has 0 unspecified atom stereocenters. The molecule has 2 N–H and O–H groups in total. The Morgan fingerprint density at radius 1 is 1.20 bits per heavy atom. The third-order valence-corrected chi connectivity index (χ3v) is 3.74. The summed E-state index contributed by atoms with van der Waals surface area (Å²) in [4.78, 5) is 6.99. The average molecular weight is 288 g/mol. The predicted octanol–water partition coefficient (Wildman–Crippen LogP) is 3.53. The van der Waals surface area contributed by atoms with E-state index >= 15 is 0 Å². The van der Waals surface area contributed by atoms with Gasteiger partial charge < -0.3 is 10.6 Å². The molecule has 0 aliphatic heterocycles. The molecule has 0 aromatic carbocycles. The van der Waals surface area contributed by atoms with Gasteiger partial charge in [0.15, 0.2) is 0 Å². The normalized spacial score (nSPS) is 18.1. The van der Waals surface area contributed by atoms with E-state index in [4.69, 9.17) is 0 Å². The summed E-state index contributed by atoms with van der Waals surface area (Å²) in [6.45, 7) is 2.78. The second-order valence-electron chi connectivity index (χ2n) is 5.58. The van der Waals surface area contributed by atoms with Gasteiger partial charge in [0.25, 0.3) is 0 Å². The smallest absolute Gasteiger partial charge is 0.373 e. The average Bonchev–Trinajstić information content (AvgIpc) is 2.82. The van der Waals surface area contributed by atoms with Gasteiger partial charge >= 0.3 is 6.18 Å². The Kier molecular flexibility index (Phi) is 4.06. The van der Waals surface area contributed by atoms with Crippen LogP contribution in [0.15, 0.2) is 6.07 Å². The Balaban J connectivity index is 2.14. The van der Waals surface area contributed by atoms with Crippen LogP contribution >= 0.6 is 0 Å². The minimum absolute atomic E-state index is 0.142. The molecule has 0 bridgehead atoms. The van der Waals surface area contributed by atoms with E-state index in [2.05, 4.69) is 27.5 Å². The monoisotopic (exact) mass is 288 g/mol. The van der Waals surface area contributed by atoms with E-state index < -0.39 is 12.0 Å². The summed E-state index contributed by atoms with van der Waals surface area (Å²) in [5.41, 5.74) is 0.142. The summed E-state index contributed by atoms with van der Waals surface area (Å²) in [6, 6.07) is 1.49. The number of anilines is 2. The highest BCUT2D eigenvalue weighted by atomic mass is 19.4. The molecule has 0 amide bonds. The van der Waals surface area contributed by atoms with Crippen LogP contribution in [0.5, 0.6) is 0 Å². The van der Waals surface area contributed by atoms with Crippen molar-refractivity contribution in [2.24, 2.45) is 5.41 Å². The molecule has 2 rings (SSSR count). The van der Waals surface area contributed by atoms with Crippen LogP contribution in [-0.4, -0.2) is 23.6 Å². The van der Waals surface area contributed by atoms with Crippen molar-refractivity contribution in [1.82, 2.24) is 9.97 Å². The van der Waals surface area contributed by atoms with Gasteiger partial charge in [-0.3, -0.25) is 0 Å². The van der Waals surface area contributed by atoms with Crippen molar-refractivity contribution in [1.29, 1.82) is 0 Å². The number of nitrogens with one attached hydrogen (secondary N) is 2. The van der Waals surface area contributed by atoms with Gasteiger partial charge in [0.2, 0.25) is 5.82 Å². The summed E-state index contributed by atoms with van der Waals surface area (Å²) < 4.78 is 38.2. The molecule has 1 heterocycles. The topological polar surface area (TPSA) is 49.8 Å². The molecule has 1 saturated carbocycles. The van der Waals surface area contributed by atoms with Crippen molar-refractivity contribution in [2.75, 3.05) is 24.2 Å². The summed E-state index contributed by atoms with van der Waals surface area (Å²) in [7, 11) is 1.53. The number of hydrogen-bond donors (Lipinski definition) is 2. The lowest BCUT2D eigenvalue weighted by atomic mass is 9.89. The molecule has 0 saturated heterocycles. The van der Waals surface area contributed by atoms with Gasteiger partial charge in [0.05, 0.1) is 0 Å². The molecule has 1 fully saturated rings. The summed E-state index contributed by atoms with van der Waals surface area (Å²) in [5, 5.41) is 5.65. The van der Waals surface area contributed by atoms with E-state index in [-0.39, 0.29) is 17.1 Å². The number of hydrogen-bond acceptors (Lipinski definition) is 4. The molecule has 0 spiro atoms. The first-order valence-corrected chi connectivity index (χ1v) is 6.70. The summed E-state index contributed by atoms with van der Waals surface area (Å²) >= 11 is 0. The van der Waals surface area contributed by atoms with Gasteiger partial charge in [0, 0.05) is 19.7 Å². The van der Waals surface area contributed by atoms with Gasteiger partial charge in [0.1, 0.15) is 11.6 Å². The fourth-order valence-electron chi connectivity index (χ4n) is 2.50. The predicted molar refractivity (Wildman–Crippen MR) is 71.6 cm³/mol. The van der Waals surface area contributed by atoms with Gasteiger partial charge in [-0.2, -0.15) is 13.2 Å². The molecule has 4 nitrogen and oxygen atoms in total. The van der Waals surface area contributed by atoms with Gasteiger partial charge in [-0.1, -0.05) is 19.8 Å². The highest BCUT2D eigenvalue weighted by Gasteiger charge is 2.35. The van der Waals surface area contributed by atoms with Crippen LogP contribution in [0.2, 0.25) is 0 Å². The Bertz CT molecular complexity index is 467. The van der Waals surface area contributed by atoms with Gasteiger partial charge in [-0.05, 0) is 18.3 Å². The number of aromatic nitrogens is 2. The molecular formula is C13H19F3N4. The maximum atomic E-state index is 12.7. The Labute approximate surface area is 116 Å². The van der Waals surface area contributed by atoms with Gasteiger partial charge in [-0.25, -0.2) is 9.97 Å². The second kappa shape index (κ2) is 5.46. The van der Waals surface area contributed by atoms with Crippen LogP contribution in [0.4, 0.5) is 24.8 Å². The SMILES string of the molecule is CNc1cc(NCC2(C)CCCC2)nc(C(F)(F)F)n1. The minimum atomic E-state index is -4.54. The number of alkyl halides is 3. The van der Waals surface area contributed by atoms with Crippen molar-refractivity contribution in [3.8, 4) is 0 Å². The van der Waals surface area contributed by atoms with Gasteiger partial charge in [-0.15, -0.1) is 0 Å². The van der Waals surface area contributed by atoms with Crippen LogP contribution in [0.25, 0.3) is 0 Å². The standard InChI is InChI=1S/C13H19F3N4/c1-12(5-3-4-6-12)8-18-10-7-9(17-2)19-11(20-10)13(14,15)16/h7H,3-6,8H2,1-2H3,(H2,17,18,19,20). The van der Waals surface area contributed by atoms with Crippen LogP contribution < -0.4 is 10.6 Å². The third kappa shape index (κ3) is 3.52. The molecule has 1 aliphatic carbocycles. The van der Waals surface area contributed by atoms with Crippen molar-refractivity contribution < 1.29 is 13.2 Å². The van der Waals surface area contributed by atoms with Crippen molar-refractivity contribution >= 4 is 11.6 Å². The van der Waals surface area contributed by atoms with E-state index in [9.17, 15) is 13.2 Å². The molecule has 1 aromatic rings. The minimum Gasteiger partial charge on any atom is -0.373 e. The maximum Gasteiger partial charge on any atom is 0.451 e. The van der Waals surface area contributed by atoms with E-state index in [1.165, 1.54) is 26.0 Å². The van der Waals surface area contributed by atoms with Crippen LogP contribution in [0.1, 0.15) is 38.4 Å². The molecule has 0 atom stereocenters. The lowest BCUT2D eigenvalue weighted by Gasteiger charge is -2.24. The molecule has 7 heteroatoms. The highest BCUT2D eigenvalue weighted by Crippen LogP contribution is 2.37. The van der Waals surface area contributed by atoms with E-state index in [1.807, 2.05) is 0 Å². The maximum absolute atomic E-state index is 12.7. The van der Waals surface area contributed by atoms with E-state index in [0.717, 1.165) is 12.8 Å². The highest BCUT2D eigenvalue weighted by molar-refractivity contribution is 5.47. The fourth-order valence-corrected chi connectivity index (χ4v) is 2.50. The zero-order valence-electron chi connectivity index (χ0n) is 11.6. The first-order valence-electron chi connectivity index (χ1n) is 6.70. The molecule has 1 aliphatic rings. The quantitative estimate of drug-likeness (QED) is 0.890. The second-order valence-corrected chi connectivity index (χ2v) is 5.58. The van der Waals surface area contributed by atoms with Crippen LogP contribution in [0, 0.1) is 5.41 Å². The Hall–Kier alpha value is -1.53. The van der Waals surface area contributed by atoms with E-state index in [0.29, 0.717) is 6.54 Å². The lowest BCUT2D eigenvalue weighted by molar-refractivity contribution is -0.144.